The van der Waals surface area contributed by atoms with E-state index in [9.17, 15) is 0 Å². The van der Waals surface area contributed by atoms with E-state index in [2.05, 4.69) is 35.5 Å². The van der Waals surface area contributed by atoms with Crippen molar-refractivity contribution >= 4 is 41.5 Å². The summed E-state index contributed by atoms with van der Waals surface area (Å²) in [6.07, 6.45) is 2.16. The van der Waals surface area contributed by atoms with Crippen LogP contribution in [0.15, 0.2) is 29.3 Å². The van der Waals surface area contributed by atoms with Crippen molar-refractivity contribution in [1.29, 1.82) is 0 Å². The van der Waals surface area contributed by atoms with Crippen molar-refractivity contribution in [3.8, 4) is 0 Å². The molecule has 2 rings (SSSR count). The molecule has 0 aliphatic heterocycles. The molecule has 1 aliphatic rings. The van der Waals surface area contributed by atoms with Gasteiger partial charge in [0.25, 0.3) is 0 Å². The van der Waals surface area contributed by atoms with Crippen LogP contribution < -0.4 is 10.6 Å². The summed E-state index contributed by atoms with van der Waals surface area (Å²) in [4.78, 5) is 4.60. The average molecular weight is 408 g/mol. The first-order valence-electron chi connectivity index (χ1n) is 6.98. The van der Waals surface area contributed by atoms with Crippen LogP contribution in [0.3, 0.4) is 0 Å². The fourth-order valence-corrected chi connectivity index (χ4v) is 2.22. The molecular weight excluding hydrogens is 385 g/mol. The number of halogens is 2. The van der Waals surface area contributed by atoms with E-state index in [1.54, 1.807) is 0 Å². The molecule has 20 heavy (non-hydrogen) atoms. The Kier molecular flexibility index (Phi) is 7.66. The first-order valence-corrected chi connectivity index (χ1v) is 7.36. The van der Waals surface area contributed by atoms with E-state index < -0.39 is 0 Å². The molecule has 2 atom stereocenters. The second kappa shape index (κ2) is 8.72. The number of guanidine groups is 1. The molecule has 2 unspecified atom stereocenters. The second-order valence-electron chi connectivity index (χ2n) is 5.10. The number of hydrogen-bond donors (Lipinski definition) is 2. The van der Waals surface area contributed by atoms with Crippen LogP contribution in [0.25, 0.3) is 0 Å². The Morgan fingerprint density at radius 1 is 1.45 bits per heavy atom. The zero-order valence-corrected chi connectivity index (χ0v) is 15.1. The number of nitrogens with zero attached hydrogens (tertiary/aromatic N) is 1. The van der Waals surface area contributed by atoms with Crippen molar-refractivity contribution in [3.63, 3.8) is 0 Å². The molecule has 0 aromatic heterocycles. The summed E-state index contributed by atoms with van der Waals surface area (Å²) in [5, 5.41) is 7.53. The van der Waals surface area contributed by atoms with Gasteiger partial charge >= 0.3 is 0 Å². The zero-order chi connectivity index (χ0) is 13.7. The molecule has 1 fully saturated rings. The van der Waals surface area contributed by atoms with Crippen molar-refractivity contribution in [3.05, 3.63) is 34.9 Å². The lowest BCUT2D eigenvalue weighted by Crippen LogP contribution is -2.39. The average Bonchev–Trinajstić information content (AvgIpc) is 3.05. The van der Waals surface area contributed by atoms with Crippen molar-refractivity contribution in [1.82, 2.24) is 10.6 Å². The van der Waals surface area contributed by atoms with E-state index in [4.69, 9.17) is 11.6 Å². The molecule has 0 radical (unpaired) electrons. The minimum absolute atomic E-state index is 0. The third-order valence-corrected chi connectivity index (χ3v) is 3.57. The highest BCUT2D eigenvalue weighted by molar-refractivity contribution is 14.0. The molecule has 0 saturated heterocycles. The van der Waals surface area contributed by atoms with Crippen LogP contribution in [0.4, 0.5) is 0 Å². The Morgan fingerprint density at radius 3 is 2.80 bits per heavy atom. The summed E-state index contributed by atoms with van der Waals surface area (Å²) in [5.74, 6) is 1.70. The van der Waals surface area contributed by atoms with Gasteiger partial charge in [-0.1, -0.05) is 30.7 Å². The molecule has 112 valence electrons. The monoisotopic (exact) mass is 407 g/mol. The van der Waals surface area contributed by atoms with Gasteiger partial charge in [-0.15, -0.1) is 24.0 Å². The summed E-state index contributed by atoms with van der Waals surface area (Å²) in [6, 6.07) is 8.57. The molecule has 0 amide bonds. The molecule has 1 aromatic carbocycles. The highest BCUT2D eigenvalue weighted by atomic mass is 127. The highest BCUT2D eigenvalue weighted by Gasteiger charge is 2.33. The molecule has 5 heteroatoms. The SMILES string of the molecule is CCNC(=NCCc1cccc(Cl)c1)NC1CC1C.I. The summed E-state index contributed by atoms with van der Waals surface area (Å²) in [6.45, 7) is 6.01. The van der Waals surface area contributed by atoms with Crippen LogP contribution in [-0.4, -0.2) is 25.1 Å². The van der Waals surface area contributed by atoms with Gasteiger partial charge in [0.1, 0.15) is 0 Å². The minimum atomic E-state index is 0. The van der Waals surface area contributed by atoms with Gasteiger partial charge in [-0.3, -0.25) is 4.99 Å². The van der Waals surface area contributed by atoms with Crippen molar-refractivity contribution in [2.24, 2.45) is 10.9 Å². The molecular formula is C15H23ClIN3. The van der Waals surface area contributed by atoms with E-state index in [0.29, 0.717) is 6.04 Å². The fraction of sp³-hybridized carbons (Fsp3) is 0.533. The molecule has 0 heterocycles. The van der Waals surface area contributed by atoms with Crippen LogP contribution in [0, 0.1) is 5.92 Å². The molecule has 2 N–H and O–H groups in total. The molecule has 0 spiro atoms. The van der Waals surface area contributed by atoms with Crippen molar-refractivity contribution in [2.45, 2.75) is 32.7 Å². The van der Waals surface area contributed by atoms with Gasteiger partial charge in [0.2, 0.25) is 0 Å². The second-order valence-corrected chi connectivity index (χ2v) is 5.54. The zero-order valence-electron chi connectivity index (χ0n) is 12.0. The normalized spacial score (nSPS) is 21.1. The van der Waals surface area contributed by atoms with Crippen molar-refractivity contribution in [2.75, 3.05) is 13.1 Å². The summed E-state index contributed by atoms with van der Waals surface area (Å²) in [5.41, 5.74) is 1.23. The van der Waals surface area contributed by atoms with Crippen LogP contribution in [0.2, 0.25) is 5.02 Å². The topological polar surface area (TPSA) is 36.4 Å². The number of nitrogens with one attached hydrogen (secondary N) is 2. The fourth-order valence-electron chi connectivity index (χ4n) is 2.01. The maximum atomic E-state index is 5.97. The quantitative estimate of drug-likeness (QED) is 0.445. The van der Waals surface area contributed by atoms with E-state index in [1.807, 2.05) is 18.2 Å². The van der Waals surface area contributed by atoms with E-state index in [1.165, 1.54) is 12.0 Å². The lowest BCUT2D eigenvalue weighted by atomic mass is 10.1. The van der Waals surface area contributed by atoms with E-state index in [-0.39, 0.29) is 24.0 Å². The lowest BCUT2D eigenvalue weighted by Gasteiger charge is -2.10. The van der Waals surface area contributed by atoms with Crippen LogP contribution in [-0.2, 0) is 6.42 Å². The van der Waals surface area contributed by atoms with Gasteiger partial charge in [-0.05, 0) is 43.4 Å². The van der Waals surface area contributed by atoms with Gasteiger partial charge in [-0.25, -0.2) is 0 Å². The van der Waals surface area contributed by atoms with Crippen LogP contribution >= 0.6 is 35.6 Å². The van der Waals surface area contributed by atoms with Crippen molar-refractivity contribution < 1.29 is 0 Å². The lowest BCUT2D eigenvalue weighted by molar-refractivity contribution is 0.765. The summed E-state index contributed by atoms with van der Waals surface area (Å²) >= 11 is 5.97. The number of rotatable bonds is 5. The van der Waals surface area contributed by atoms with Crippen LogP contribution in [0.1, 0.15) is 25.8 Å². The predicted molar refractivity (Wildman–Crippen MR) is 97.3 cm³/mol. The summed E-state index contributed by atoms with van der Waals surface area (Å²) < 4.78 is 0. The number of aliphatic imine (C=N–C) groups is 1. The molecule has 3 nitrogen and oxygen atoms in total. The maximum absolute atomic E-state index is 5.97. The smallest absolute Gasteiger partial charge is 0.191 e. The van der Waals surface area contributed by atoms with Gasteiger partial charge in [0.15, 0.2) is 5.96 Å². The first kappa shape index (κ1) is 17.6. The standard InChI is InChI=1S/C15H22ClN3.HI/c1-3-17-15(19-14-9-11(14)2)18-8-7-12-5-4-6-13(16)10-12;/h4-6,10-11,14H,3,7-9H2,1-2H3,(H2,17,18,19);1H. The third kappa shape index (κ3) is 5.87. The van der Waals surface area contributed by atoms with E-state index >= 15 is 0 Å². The Hall–Kier alpha value is -0.490. The minimum Gasteiger partial charge on any atom is -0.357 e. The first-order chi connectivity index (χ1) is 9.19. The van der Waals surface area contributed by atoms with Gasteiger partial charge < -0.3 is 10.6 Å². The number of hydrogen-bond acceptors (Lipinski definition) is 1. The number of benzene rings is 1. The van der Waals surface area contributed by atoms with Gasteiger partial charge in [0.05, 0.1) is 0 Å². The Morgan fingerprint density at radius 2 is 2.20 bits per heavy atom. The molecule has 1 saturated carbocycles. The maximum Gasteiger partial charge on any atom is 0.191 e. The van der Waals surface area contributed by atoms with Gasteiger partial charge in [0, 0.05) is 24.2 Å². The van der Waals surface area contributed by atoms with Crippen LogP contribution in [0.5, 0.6) is 0 Å². The Bertz CT molecular complexity index is 450. The Balaban J connectivity index is 0.00000200. The highest BCUT2D eigenvalue weighted by Crippen LogP contribution is 2.28. The molecule has 1 aliphatic carbocycles. The van der Waals surface area contributed by atoms with E-state index in [0.717, 1.165) is 36.4 Å². The Labute approximate surface area is 143 Å². The third-order valence-electron chi connectivity index (χ3n) is 3.34. The largest absolute Gasteiger partial charge is 0.357 e. The predicted octanol–water partition coefficient (Wildman–Crippen LogP) is 3.46. The summed E-state index contributed by atoms with van der Waals surface area (Å²) in [7, 11) is 0. The van der Waals surface area contributed by atoms with Gasteiger partial charge in [-0.2, -0.15) is 0 Å². The molecule has 0 bridgehead atoms. The molecule has 1 aromatic rings.